The lowest BCUT2D eigenvalue weighted by molar-refractivity contribution is 0.269. The number of nitrogens with two attached hydrogens (primary N) is 1. The van der Waals surface area contributed by atoms with Crippen molar-refractivity contribution in [3.05, 3.63) is 36.5 Å². The Balaban J connectivity index is 3.22. The van der Waals surface area contributed by atoms with Crippen LogP contribution in [0.3, 0.4) is 0 Å². The first-order valence-electron chi connectivity index (χ1n) is 6.02. The van der Waals surface area contributed by atoms with Crippen LogP contribution in [-0.2, 0) is 16.6 Å². The second kappa shape index (κ2) is 5.81. The van der Waals surface area contributed by atoms with Crippen LogP contribution < -0.4 is 5.73 Å². The van der Waals surface area contributed by atoms with E-state index in [0.29, 0.717) is 6.54 Å². The van der Waals surface area contributed by atoms with Gasteiger partial charge in [-0.15, -0.1) is 6.58 Å². The van der Waals surface area contributed by atoms with Crippen molar-refractivity contribution in [1.82, 2.24) is 9.29 Å². The molecule has 1 aromatic rings. The molecule has 6 heteroatoms. The van der Waals surface area contributed by atoms with Crippen molar-refractivity contribution in [2.45, 2.75) is 37.9 Å². The van der Waals surface area contributed by atoms with E-state index in [1.165, 1.54) is 16.6 Å². The molecule has 0 amide bonds. The molecule has 0 spiro atoms. The van der Waals surface area contributed by atoms with Crippen LogP contribution in [0, 0.1) is 0 Å². The molecule has 1 rings (SSSR count). The van der Waals surface area contributed by atoms with Gasteiger partial charge in [0.1, 0.15) is 0 Å². The van der Waals surface area contributed by atoms with Crippen molar-refractivity contribution < 1.29 is 8.42 Å². The van der Waals surface area contributed by atoms with Gasteiger partial charge in [0.05, 0.1) is 0 Å². The van der Waals surface area contributed by atoms with E-state index in [-0.39, 0.29) is 11.6 Å². The van der Waals surface area contributed by atoms with Crippen LogP contribution in [0.5, 0.6) is 0 Å². The van der Waals surface area contributed by atoms with Crippen LogP contribution in [0.2, 0.25) is 0 Å². The zero-order valence-electron chi connectivity index (χ0n) is 11.6. The number of hydrogen-bond donors (Lipinski definition) is 1. The predicted molar refractivity (Wildman–Crippen MR) is 76.0 cm³/mol. The lowest BCUT2D eigenvalue weighted by Gasteiger charge is -2.33. The highest BCUT2D eigenvalue weighted by atomic mass is 32.2. The molecule has 0 radical (unpaired) electrons. The van der Waals surface area contributed by atoms with E-state index in [0.717, 1.165) is 5.56 Å². The average molecular weight is 283 g/mol. The van der Waals surface area contributed by atoms with Gasteiger partial charge in [0.15, 0.2) is 5.03 Å². The van der Waals surface area contributed by atoms with Gasteiger partial charge in [-0.05, 0) is 32.4 Å². The summed E-state index contributed by atoms with van der Waals surface area (Å²) in [6.45, 7) is 9.69. The van der Waals surface area contributed by atoms with E-state index in [1.54, 1.807) is 12.1 Å². The Labute approximate surface area is 115 Å². The molecule has 0 unspecified atom stereocenters. The molecule has 2 N–H and O–H groups in total. The third kappa shape index (κ3) is 3.62. The molecule has 0 aromatic carbocycles. The molecule has 1 aromatic heterocycles. The third-order valence-corrected chi connectivity index (χ3v) is 4.68. The average Bonchev–Trinajstić information content (AvgIpc) is 2.34. The van der Waals surface area contributed by atoms with E-state index < -0.39 is 15.6 Å². The summed E-state index contributed by atoms with van der Waals surface area (Å²) in [6, 6.07) is 3.16. The Morgan fingerprint density at radius 3 is 2.42 bits per heavy atom. The molecule has 106 valence electrons. The highest BCUT2D eigenvalue weighted by Gasteiger charge is 2.33. The van der Waals surface area contributed by atoms with Crippen LogP contribution in [0.1, 0.15) is 26.3 Å². The largest absolute Gasteiger partial charge is 0.326 e. The maximum absolute atomic E-state index is 12.6. The Morgan fingerprint density at radius 1 is 1.42 bits per heavy atom. The summed E-state index contributed by atoms with van der Waals surface area (Å²) in [7, 11) is -3.64. The molecular formula is C13H21N3O2S. The van der Waals surface area contributed by atoms with E-state index >= 15 is 0 Å². The van der Waals surface area contributed by atoms with Gasteiger partial charge in [-0.2, -0.15) is 4.31 Å². The zero-order chi connectivity index (χ0) is 14.7. The highest BCUT2D eigenvalue weighted by molar-refractivity contribution is 7.89. The number of nitrogens with zero attached hydrogens (tertiary/aromatic N) is 2. The minimum Gasteiger partial charge on any atom is -0.326 e. The molecule has 0 saturated heterocycles. The van der Waals surface area contributed by atoms with Crippen LogP contribution in [0.25, 0.3) is 0 Å². The summed E-state index contributed by atoms with van der Waals surface area (Å²) < 4.78 is 26.5. The smallest absolute Gasteiger partial charge is 0.261 e. The van der Waals surface area contributed by atoms with Gasteiger partial charge in [0, 0.05) is 24.8 Å². The standard InChI is InChI=1S/C13H21N3O2S/c1-5-8-16(13(2,3)4)19(17,18)12-7-6-11(9-14)10-15-12/h5-7,10H,1,8-9,14H2,2-4H3. The maximum atomic E-state index is 12.6. The van der Waals surface area contributed by atoms with Crippen molar-refractivity contribution in [3.8, 4) is 0 Å². The van der Waals surface area contributed by atoms with Gasteiger partial charge in [-0.25, -0.2) is 13.4 Å². The molecule has 0 bridgehead atoms. The topological polar surface area (TPSA) is 76.3 Å². The molecule has 0 aliphatic heterocycles. The Morgan fingerprint density at radius 2 is 2.05 bits per heavy atom. The molecule has 1 heterocycles. The van der Waals surface area contributed by atoms with Crippen molar-refractivity contribution in [3.63, 3.8) is 0 Å². The molecule has 19 heavy (non-hydrogen) atoms. The number of aromatic nitrogens is 1. The Hall–Kier alpha value is -1.24. The molecule has 0 aliphatic rings. The van der Waals surface area contributed by atoms with Gasteiger partial charge >= 0.3 is 0 Å². The minimum atomic E-state index is -3.64. The molecule has 0 fully saturated rings. The van der Waals surface area contributed by atoms with Crippen molar-refractivity contribution in [2.24, 2.45) is 5.73 Å². The zero-order valence-corrected chi connectivity index (χ0v) is 12.4. The number of sulfonamides is 1. The summed E-state index contributed by atoms with van der Waals surface area (Å²) in [5, 5.41) is 0.0291. The van der Waals surface area contributed by atoms with Gasteiger partial charge in [-0.1, -0.05) is 12.1 Å². The van der Waals surface area contributed by atoms with E-state index in [9.17, 15) is 8.42 Å². The number of pyridine rings is 1. The lowest BCUT2D eigenvalue weighted by atomic mass is 10.1. The summed E-state index contributed by atoms with van der Waals surface area (Å²) in [5.41, 5.74) is 5.73. The van der Waals surface area contributed by atoms with Crippen molar-refractivity contribution in [1.29, 1.82) is 0 Å². The molecule has 0 saturated carbocycles. The highest BCUT2D eigenvalue weighted by Crippen LogP contribution is 2.23. The van der Waals surface area contributed by atoms with Crippen molar-refractivity contribution in [2.75, 3.05) is 6.54 Å². The Kier molecular flexibility index (Phi) is 4.84. The van der Waals surface area contributed by atoms with Crippen molar-refractivity contribution >= 4 is 10.0 Å². The predicted octanol–water partition coefficient (Wildman–Crippen LogP) is 1.52. The molecule has 0 atom stereocenters. The van der Waals surface area contributed by atoms with E-state index in [2.05, 4.69) is 11.6 Å². The SMILES string of the molecule is C=CCN(C(C)(C)C)S(=O)(=O)c1ccc(CN)cn1. The molecule has 5 nitrogen and oxygen atoms in total. The minimum absolute atomic E-state index is 0.0291. The summed E-state index contributed by atoms with van der Waals surface area (Å²) in [4.78, 5) is 3.99. The molecule has 0 aliphatic carbocycles. The summed E-state index contributed by atoms with van der Waals surface area (Å²) >= 11 is 0. The van der Waals surface area contributed by atoms with Crippen LogP contribution in [-0.4, -0.2) is 29.8 Å². The van der Waals surface area contributed by atoms with Crippen LogP contribution in [0.15, 0.2) is 36.0 Å². The number of rotatable bonds is 5. The van der Waals surface area contributed by atoms with Crippen LogP contribution >= 0.6 is 0 Å². The first kappa shape index (κ1) is 15.8. The molecular weight excluding hydrogens is 262 g/mol. The normalized spacial score (nSPS) is 12.7. The maximum Gasteiger partial charge on any atom is 0.261 e. The fourth-order valence-electron chi connectivity index (χ4n) is 1.65. The fourth-order valence-corrected chi connectivity index (χ4v) is 3.32. The first-order valence-corrected chi connectivity index (χ1v) is 7.46. The third-order valence-electron chi connectivity index (χ3n) is 2.63. The van der Waals surface area contributed by atoms with Crippen LogP contribution in [0.4, 0.5) is 0 Å². The monoisotopic (exact) mass is 283 g/mol. The Bertz CT molecular complexity index is 530. The number of hydrogen-bond acceptors (Lipinski definition) is 4. The van der Waals surface area contributed by atoms with Gasteiger partial charge in [0.25, 0.3) is 10.0 Å². The van der Waals surface area contributed by atoms with Gasteiger partial charge < -0.3 is 5.73 Å². The van der Waals surface area contributed by atoms with E-state index in [4.69, 9.17) is 5.73 Å². The summed E-state index contributed by atoms with van der Waals surface area (Å²) in [6.07, 6.45) is 3.05. The van der Waals surface area contributed by atoms with Gasteiger partial charge in [-0.3, -0.25) is 0 Å². The lowest BCUT2D eigenvalue weighted by Crippen LogP contribution is -2.45. The second-order valence-corrected chi connectivity index (χ2v) is 7.01. The second-order valence-electron chi connectivity index (χ2n) is 5.20. The van der Waals surface area contributed by atoms with E-state index in [1.807, 2.05) is 20.8 Å². The first-order chi connectivity index (χ1) is 8.73. The summed E-state index contributed by atoms with van der Waals surface area (Å²) in [5.74, 6) is 0. The quantitative estimate of drug-likeness (QED) is 0.831. The fraction of sp³-hybridized carbons (Fsp3) is 0.462. The van der Waals surface area contributed by atoms with Gasteiger partial charge in [0.2, 0.25) is 0 Å².